The molecule has 2 N–H and O–H groups in total. The fourth-order valence-electron chi connectivity index (χ4n) is 2.83. The van der Waals surface area contributed by atoms with Crippen LogP contribution >= 0.6 is 0 Å². The fourth-order valence-corrected chi connectivity index (χ4v) is 2.83. The van der Waals surface area contributed by atoms with Crippen molar-refractivity contribution in [1.82, 2.24) is 5.32 Å². The Morgan fingerprint density at radius 2 is 1.87 bits per heavy atom. The number of anilines is 1. The molecule has 6 nitrogen and oxygen atoms in total. The number of ether oxygens (including phenoxy) is 2. The van der Waals surface area contributed by atoms with Gasteiger partial charge in [0.05, 0.1) is 13.7 Å². The molecule has 2 amide bonds. The first-order chi connectivity index (χ1) is 14.4. The summed E-state index contributed by atoms with van der Waals surface area (Å²) in [6, 6.07) is 12.6. The van der Waals surface area contributed by atoms with Crippen LogP contribution < -0.4 is 20.1 Å². The molecule has 0 aliphatic carbocycles. The van der Waals surface area contributed by atoms with Crippen molar-refractivity contribution in [2.45, 2.75) is 46.6 Å². The Labute approximate surface area is 179 Å². The Morgan fingerprint density at radius 1 is 1.07 bits per heavy atom. The maximum absolute atomic E-state index is 12.6. The first kappa shape index (κ1) is 23.3. The van der Waals surface area contributed by atoms with Gasteiger partial charge in [0.2, 0.25) is 5.91 Å². The smallest absolute Gasteiger partial charge is 0.251 e. The van der Waals surface area contributed by atoms with E-state index in [4.69, 9.17) is 9.47 Å². The lowest BCUT2D eigenvalue weighted by atomic mass is 10.1. The summed E-state index contributed by atoms with van der Waals surface area (Å²) >= 11 is 0. The molecule has 0 aliphatic heterocycles. The van der Waals surface area contributed by atoms with Crippen LogP contribution in [0.25, 0.3) is 0 Å². The normalized spacial score (nSPS) is 10.6. The molecule has 0 fully saturated rings. The van der Waals surface area contributed by atoms with E-state index in [0.717, 1.165) is 24.1 Å². The Bertz CT molecular complexity index is 849. The van der Waals surface area contributed by atoms with Gasteiger partial charge in [-0.05, 0) is 54.7 Å². The van der Waals surface area contributed by atoms with Crippen molar-refractivity contribution in [2.24, 2.45) is 5.92 Å². The molecular weight excluding hydrogens is 380 g/mol. The molecule has 30 heavy (non-hydrogen) atoms. The summed E-state index contributed by atoms with van der Waals surface area (Å²) in [5.74, 6) is 1.50. The van der Waals surface area contributed by atoms with Gasteiger partial charge in [-0.1, -0.05) is 32.9 Å². The summed E-state index contributed by atoms with van der Waals surface area (Å²) < 4.78 is 11.2. The van der Waals surface area contributed by atoms with E-state index in [9.17, 15) is 9.59 Å². The van der Waals surface area contributed by atoms with E-state index in [1.54, 1.807) is 25.3 Å². The highest BCUT2D eigenvalue weighted by Gasteiger charge is 2.12. The zero-order valence-corrected chi connectivity index (χ0v) is 18.3. The number of hydrogen-bond donors (Lipinski definition) is 2. The Balaban J connectivity index is 1.96. The zero-order chi connectivity index (χ0) is 21.9. The molecule has 0 saturated carbocycles. The highest BCUT2D eigenvalue weighted by molar-refractivity contribution is 5.95. The highest BCUT2D eigenvalue weighted by Crippen LogP contribution is 2.28. The van der Waals surface area contributed by atoms with Crippen molar-refractivity contribution in [3.63, 3.8) is 0 Å². The second-order valence-electron chi connectivity index (χ2n) is 7.58. The molecule has 0 bridgehead atoms. The fraction of sp³-hybridized carbons (Fsp3) is 0.417. The number of carbonyl (C=O) groups excluding carboxylic acids is 2. The van der Waals surface area contributed by atoms with Crippen molar-refractivity contribution in [1.29, 1.82) is 0 Å². The Hall–Kier alpha value is -3.02. The number of amides is 2. The lowest BCUT2D eigenvalue weighted by Crippen LogP contribution is -2.23. The molecule has 2 aromatic rings. The quantitative estimate of drug-likeness (QED) is 0.556. The SMILES string of the molecule is CCCC(=O)Nc1cccc(CNC(=O)c2ccc(OCCC(C)C)c(OC)c2)c1. The van der Waals surface area contributed by atoms with Gasteiger partial charge in [-0.25, -0.2) is 0 Å². The van der Waals surface area contributed by atoms with Crippen LogP contribution in [0.1, 0.15) is 56.0 Å². The van der Waals surface area contributed by atoms with Crippen molar-refractivity contribution in [2.75, 3.05) is 19.0 Å². The molecule has 0 heterocycles. The van der Waals surface area contributed by atoms with Crippen LogP contribution in [0.2, 0.25) is 0 Å². The Kier molecular flexibility index (Phi) is 9.19. The number of rotatable bonds is 11. The highest BCUT2D eigenvalue weighted by atomic mass is 16.5. The number of methoxy groups -OCH3 is 1. The van der Waals surface area contributed by atoms with Crippen molar-refractivity contribution >= 4 is 17.5 Å². The number of carbonyl (C=O) groups is 2. The third kappa shape index (κ3) is 7.43. The molecule has 162 valence electrons. The van der Waals surface area contributed by atoms with E-state index in [2.05, 4.69) is 24.5 Å². The summed E-state index contributed by atoms with van der Waals surface area (Å²) in [5, 5.41) is 5.77. The monoisotopic (exact) mass is 412 g/mol. The lowest BCUT2D eigenvalue weighted by Gasteiger charge is -2.13. The van der Waals surface area contributed by atoms with Gasteiger partial charge in [-0.15, -0.1) is 0 Å². The maximum Gasteiger partial charge on any atom is 0.251 e. The molecule has 6 heteroatoms. The summed E-state index contributed by atoms with van der Waals surface area (Å²) in [4.78, 5) is 24.3. The number of hydrogen-bond acceptors (Lipinski definition) is 4. The Morgan fingerprint density at radius 3 is 2.57 bits per heavy atom. The molecule has 2 aromatic carbocycles. The van der Waals surface area contributed by atoms with Crippen molar-refractivity contribution in [3.05, 3.63) is 53.6 Å². The maximum atomic E-state index is 12.6. The molecule has 0 atom stereocenters. The third-order valence-electron chi connectivity index (χ3n) is 4.52. The van der Waals surface area contributed by atoms with Crippen LogP contribution in [0, 0.1) is 5.92 Å². The second-order valence-corrected chi connectivity index (χ2v) is 7.58. The summed E-state index contributed by atoms with van der Waals surface area (Å²) in [7, 11) is 1.56. The largest absolute Gasteiger partial charge is 0.493 e. The third-order valence-corrected chi connectivity index (χ3v) is 4.52. The zero-order valence-electron chi connectivity index (χ0n) is 18.3. The van der Waals surface area contributed by atoms with Gasteiger partial charge in [0.1, 0.15) is 0 Å². The lowest BCUT2D eigenvalue weighted by molar-refractivity contribution is -0.116. The van der Waals surface area contributed by atoms with Crippen LogP contribution in [0.4, 0.5) is 5.69 Å². The van der Waals surface area contributed by atoms with E-state index < -0.39 is 0 Å². The van der Waals surface area contributed by atoms with Gasteiger partial charge in [0.15, 0.2) is 11.5 Å². The molecule has 0 spiro atoms. The van der Waals surface area contributed by atoms with Gasteiger partial charge in [0.25, 0.3) is 5.91 Å². The van der Waals surface area contributed by atoms with E-state index in [0.29, 0.717) is 42.6 Å². The molecule has 0 radical (unpaired) electrons. The predicted octanol–water partition coefficient (Wildman–Crippen LogP) is 4.79. The molecule has 0 unspecified atom stereocenters. The van der Waals surface area contributed by atoms with Gasteiger partial charge in [-0.2, -0.15) is 0 Å². The number of nitrogens with one attached hydrogen (secondary N) is 2. The van der Waals surface area contributed by atoms with Crippen LogP contribution in [-0.2, 0) is 11.3 Å². The number of benzene rings is 2. The van der Waals surface area contributed by atoms with Gasteiger partial charge in [0, 0.05) is 24.2 Å². The summed E-state index contributed by atoms with van der Waals surface area (Å²) in [6.07, 6.45) is 2.23. The molecule has 0 aliphatic rings. The second kappa shape index (κ2) is 11.9. The summed E-state index contributed by atoms with van der Waals surface area (Å²) in [5.41, 5.74) is 2.12. The average Bonchev–Trinajstić information content (AvgIpc) is 2.72. The predicted molar refractivity (Wildman–Crippen MR) is 119 cm³/mol. The molecule has 0 saturated heterocycles. The van der Waals surface area contributed by atoms with E-state index in [1.165, 1.54) is 0 Å². The topological polar surface area (TPSA) is 76.7 Å². The first-order valence-electron chi connectivity index (χ1n) is 10.4. The van der Waals surface area contributed by atoms with Gasteiger partial charge < -0.3 is 20.1 Å². The average molecular weight is 413 g/mol. The summed E-state index contributed by atoms with van der Waals surface area (Å²) in [6.45, 7) is 7.20. The minimum absolute atomic E-state index is 0.0125. The van der Waals surface area contributed by atoms with Gasteiger partial charge >= 0.3 is 0 Å². The van der Waals surface area contributed by atoms with E-state index in [-0.39, 0.29) is 11.8 Å². The van der Waals surface area contributed by atoms with E-state index in [1.807, 2.05) is 31.2 Å². The minimum atomic E-state index is -0.206. The van der Waals surface area contributed by atoms with Crippen LogP contribution in [0.15, 0.2) is 42.5 Å². The van der Waals surface area contributed by atoms with Crippen LogP contribution in [0.3, 0.4) is 0 Å². The van der Waals surface area contributed by atoms with E-state index >= 15 is 0 Å². The van der Waals surface area contributed by atoms with Crippen LogP contribution in [-0.4, -0.2) is 25.5 Å². The molecule has 2 rings (SSSR count). The molecular formula is C24H32N2O4. The van der Waals surface area contributed by atoms with Gasteiger partial charge in [-0.3, -0.25) is 9.59 Å². The van der Waals surface area contributed by atoms with Crippen LogP contribution in [0.5, 0.6) is 11.5 Å². The molecule has 0 aromatic heterocycles. The first-order valence-corrected chi connectivity index (χ1v) is 10.4. The van der Waals surface area contributed by atoms with Crippen molar-refractivity contribution in [3.8, 4) is 11.5 Å². The standard InChI is InChI=1S/C24H32N2O4/c1-5-7-23(27)26-20-9-6-8-18(14-20)16-25-24(28)19-10-11-21(22(15-19)29-4)30-13-12-17(2)3/h6,8-11,14-15,17H,5,7,12-13,16H2,1-4H3,(H,25,28)(H,26,27). The van der Waals surface area contributed by atoms with Crippen molar-refractivity contribution < 1.29 is 19.1 Å². The minimum Gasteiger partial charge on any atom is -0.493 e.